The van der Waals surface area contributed by atoms with E-state index in [4.69, 9.17) is 0 Å². The predicted molar refractivity (Wildman–Crippen MR) is 83.5 cm³/mol. The van der Waals surface area contributed by atoms with Crippen molar-refractivity contribution in [3.8, 4) is 0 Å². The van der Waals surface area contributed by atoms with Crippen LogP contribution in [0.25, 0.3) is 0 Å². The van der Waals surface area contributed by atoms with E-state index in [1.807, 2.05) is 18.4 Å². The Balaban J connectivity index is 2.43. The number of halogens is 4. The van der Waals surface area contributed by atoms with Crippen molar-refractivity contribution in [1.29, 1.82) is 0 Å². The van der Waals surface area contributed by atoms with Crippen LogP contribution in [-0.4, -0.2) is 6.54 Å². The van der Waals surface area contributed by atoms with Crippen LogP contribution in [0.2, 0.25) is 0 Å². The fourth-order valence-electron chi connectivity index (χ4n) is 1.93. The lowest BCUT2D eigenvalue weighted by atomic mass is 10.00. The summed E-state index contributed by atoms with van der Waals surface area (Å²) in [7, 11) is 0. The van der Waals surface area contributed by atoms with Crippen molar-refractivity contribution >= 4 is 33.9 Å². The van der Waals surface area contributed by atoms with Gasteiger partial charge in [0.25, 0.3) is 0 Å². The van der Waals surface area contributed by atoms with Crippen molar-refractivity contribution in [2.24, 2.45) is 0 Å². The lowest BCUT2D eigenvalue weighted by molar-refractivity contribution is 0.432. The molecule has 0 radical (unpaired) electrons. The van der Waals surface area contributed by atoms with E-state index in [1.165, 1.54) is 17.4 Å². The Bertz CT molecular complexity index is 600. The molecule has 2 rings (SSSR count). The second-order valence-electron chi connectivity index (χ2n) is 4.34. The summed E-state index contributed by atoms with van der Waals surface area (Å²) in [6.07, 6.45) is 0.864. The SMILES string of the molecule is CCCNC(c1csc(I)c1)c1ccc(F)c(F)c1F. The Labute approximate surface area is 133 Å². The highest BCUT2D eigenvalue weighted by molar-refractivity contribution is 14.1. The molecule has 1 aromatic heterocycles. The minimum absolute atomic E-state index is 0.131. The number of rotatable bonds is 5. The van der Waals surface area contributed by atoms with E-state index in [1.54, 1.807) is 0 Å². The monoisotopic (exact) mass is 411 g/mol. The molecule has 1 aromatic carbocycles. The Kier molecular flexibility index (Phi) is 5.45. The molecule has 0 aliphatic heterocycles. The summed E-state index contributed by atoms with van der Waals surface area (Å²) in [4.78, 5) is 0. The van der Waals surface area contributed by atoms with Gasteiger partial charge in [0, 0.05) is 5.56 Å². The number of nitrogens with one attached hydrogen (secondary N) is 1. The van der Waals surface area contributed by atoms with Gasteiger partial charge in [-0.15, -0.1) is 11.3 Å². The second-order valence-corrected chi connectivity index (χ2v) is 7.14. The van der Waals surface area contributed by atoms with Crippen LogP contribution in [0.1, 0.15) is 30.5 Å². The first kappa shape index (κ1) is 15.8. The van der Waals surface area contributed by atoms with E-state index < -0.39 is 23.5 Å². The Hall–Kier alpha value is -0.600. The van der Waals surface area contributed by atoms with Gasteiger partial charge in [0.05, 0.1) is 8.93 Å². The maximum atomic E-state index is 14.0. The van der Waals surface area contributed by atoms with E-state index in [0.717, 1.165) is 20.9 Å². The van der Waals surface area contributed by atoms with Crippen LogP contribution in [0.4, 0.5) is 13.2 Å². The zero-order valence-electron chi connectivity index (χ0n) is 10.7. The molecular weight excluding hydrogens is 398 g/mol. The second kappa shape index (κ2) is 6.91. The molecule has 0 amide bonds. The van der Waals surface area contributed by atoms with Crippen LogP contribution >= 0.6 is 33.9 Å². The first-order valence-electron chi connectivity index (χ1n) is 6.15. The van der Waals surface area contributed by atoms with Crippen molar-refractivity contribution < 1.29 is 13.2 Å². The molecule has 0 bridgehead atoms. The van der Waals surface area contributed by atoms with E-state index >= 15 is 0 Å². The number of thiophene rings is 1. The van der Waals surface area contributed by atoms with Gasteiger partial charge < -0.3 is 5.32 Å². The van der Waals surface area contributed by atoms with E-state index in [-0.39, 0.29) is 5.56 Å². The van der Waals surface area contributed by atoms with Crippen LogP contribution in [0.15, 0.2) is 23.6 Å². The van der Waals surface area contributed by atoms with Gasteiger partial charge in [-0.3, -0.25) is 0 Å². The summed E-state index contributed by atoms with van der Waals surface area (Å²) in [5, 5.41) is 5.08. The highest BCUT2D eigenvalue weighted by Crippen LogP contribution is 2.30. The predicted octanol–water partition coefficient (Wildman–Crippen LogP) is 4.86. The quantitative estimate of drug-likeness (QED) is 0.548. The van der Waals surface area contributed by atoms with Crippen LogP contribution in [0.3, 0.4) is 0 Å². The molecule has 0 aliphatic rings. The fourth-order valence-corrected chi connectivity index (χ4v) is 3.33. The molecule has 0 saturated carbocycles. The average Bonchev–Trinajstić information content (AvgIpc) is 2.85. The number of benzene rings is 1. The molecule has 2 aromatic rings. The van der Waals surface area contributed by atoms with Gasteiger partial charge in [-0.1, -0.05) is 13.0 Å². The molecule has 0 saturated heterocycles. The minimum Gasteiger partial charge on any atom is -0.306 e. The standard InChI is InChI=1S/C14H13F3INS/c1-2-5-19-14(8-6-11(18)20-7-8)9-3-4-10(15)13(17)12(9)16/h3-4,6-7,14,19H,2,5H2,1H3. The Morgan fingerprint density at radius 2 is 2.00 bits per heavy atom. The normalized spacial score (nSPS) is 12.7. The van der Waals surface area contributed by atoms with Crippen molar-refractivity contribution in [3.63, 3.8) is 0 Å². The molecule has 1 unspecified atom stereocenters. The van der Waals surface area contributed by atoms with Gasteiger partial charge in [0.1, 0.15) is 0 Å². The lowest BCUT2D eigenvalue weighted by Gasteiger charge is -2.19. The molecular formula is C14H13F3INS. The van der Waals surface area contributed by atoms with Gasteiger partial charge in [-0.25, -0.2) is 13.2 Å². The molecule has 1 nitrogen and oxygen atoms in total. The molecule has 108 valence electrons. The van der Waals surface area contributed by atoms with Gasteiger partial charge in [0.15, 0.2) is 17.5 Å². The molecule has 6 heteroatoms. The third kappa shape index (κ3) is 3.35. The molecule has 1 N–H and O–H groups in total. The van der Waals surface area contributed by atoms with E-state index in [2.05, 4.69) is 27.9 Å². The van der Waals surface area contributed by atoms with Gasteiger partial charge >= 0.3 is 0 Å². The maximum Gasteiger partial charge on any atom is 0.194 e. The summed E-state index contributed by atoms with van der Waals surface area (Å²) in [6, 6.07) is 3.71. The van der Waals surface area contributed by atoms with Crippen LogP contribution in [0.5, 0.6) is 0 Å². The van der Waals surface area contributed by atoms with Gasteiger partial charge in [-0.2, -0.15) is 0 Å². The summed E-state index contributed by atoms with van der Waals surface area (Å²) in [5.41, 5.74) is 0.990. The molecule has 0 aliphatic carbocycles. The Morgan fingerprint density at radius 1 is 1.25 bits per heavy atom. The summed E-state index contributed by atoms with van der Waals surface area (Å²) in [5.74, 6) is -3.71. The van der Waals surface area contributed by atoms with E-state index in [9.17, 15) is 13.2 Å². The van der Waals surface area contributed by atoms with Crippen molar-refractivity contribution in [1.82, 2.24) is 5.32 Å². The third-order valence-corrected chi connectivity index (χ3v) is 4.70. The average molecular weight is 411 g/mol. The molecule has 0 spiro atoms. The zero-order chi connectivity index (χ0) is 14.7. The lowest BCUT2D eigenvalue weighted by Crippen LogP contribution is -2.24. The topological polar surface area (TPSA) is 12.0 Å². The minimum atomic E-state index is -1.42. The van der Waals surface area contributed by atoms with Crippen molar-refractivity contribution in [2.45, 2.75) is 19.4 Å². The summed E-state index contributed by atoms with van der Waals surface area (Å²) < 4.78 is 41.5. The van der Waals surface area contributed by atoms with Crippen molar-refractivity contribution in [2.75, 3.05) is 6.54 Å². The summed E-state index contributed by atoms with van der Waals surface area (Å²) >= 11 is 3.71. The highest BCUT2D eigenvalue weighted by Gasteiger charge is 2.22. The highest BCUT2D eigenvalue weighted by atomic mass is 127. The van der Waals surface area contributed by atoms with Crippen molar-refractivity contribution in [3.05, 3.63) is 55.0 Å². The first-order chi connectivity index (χ1) is 9.54. The molecule has 1 heterocycles. The molecule has 1 atom stereocenters. The van der Waals surface area contributed by atoms with E-state index in [0.29, 0.717) is 6.54 Å². The number of hydrogen-bond acceptors (Lipinski definition) is 2. The molecule has 0 fully saturated rings. The summed E-state index contributed by atoms with van der Waals surface area (Å²) in [6.45, 7) is 2.65. The fraction of sp³-hybridized carbons (Fsp3) is 0.286. The smallest absolute Gasteiger partial charge is 0.194 e. The maximum absolute atomic E-state index is 14.0. The van der Waals surface area contributed by atoms with Crippen LogP contribution in [0, 0.1) is 20.3 Å². The van der Waals surface area contributed by atoms with Crippen LogP contribution < -0.4 is 5.32 Å². The van der Waals surface area contributed by atoms with Crippen LogP contribution in [-0.2, 0) is 0 Å². The third-order valence-electron chi connectivity index (χ3n) is 2.90. The molecule has 20 heavy (non-hydrogen) atoms. The Morgan fingerprint density at radius 3 is 2.60 bits per heavy atom. The largest absolute Gasteiger partial charge is 0.306 e. The van der Waals surface area contributed by atoms with Gasteiger partial charge in [0.2, 0.25) is 0 Å². The first-order valence-corrected chi connectivity index (χ1v) is 8.11. The number of hydrogen-bond donors (Lipinski definition) is 1. The van der Waals surface area contributed by atoms with Gasteiger partial charge in [-0.05, 0) is 58.6 Å². The zero-order valence-corrected chi connectivity index (χ0v) is 13.7.